The van der Waals surface area contributed by atoms with Crippen molar-refractivity contribution in [2.24, 2.45) is 12.5 Å². The average Bonchev–Trinajstić information content (AvgIpc) is 3.03. The number of piperidine rings is 2. The van der Waals surface area contributed by atoms with Crippen LogP contribution in [0.4, 0.5) is 4.79 Å². The Bertz CT molecular complexity index is 1270. The third kappa shape index (κ3) is 4.37. The fourth-order valence-corrected chi connectivity index (χ4v) is 5.79. The van der Waals surface area contributed by atoms with Gasteiger partial charge in [-0.05, 0) is 70.4 Å². The average molecular weight is 499 g/mol. The third-order valence-corrected chi connectivity index (χ3v) is 7.68. The van der Waals surface area contributed by atoms with E-state index < -0.39 is 17.6 Å². The lowest BCUT2D eigenvalue weighted by molar-refractivity contribution is -0.135. The lowest BCUT2D eigenvalue weighted by Crippen LogP contribution is -2.52. The summed E-state index contributed by atoms with van der Waals surface area (Å²) in [5.74, 6) is -0.153. The van der Waals surface area contributed by atoms with Crippen molar-refractivity contribution in [3.63, 3.8) is 0 Å². The smallest absolute Gasteiger partial charge is 0.410 e. The topological polar surface area (TPSA) is 112 Å². The molecule has 2 aromatic rings. The number of hydrogen-bond acceptors (Lipinski definition) is 6. The van der Waals surface area contributed by atoms with Gasteiger partial charge in [0.2, 0.25) is 11.8 Å². The number of fused-ring (bicyclic) bond motifs is 1. The van der Waals surface area contributed by atoms with Crippen molar-refractivity contribution >= 4 is 28.9 Å². The number of carbonyl (C=O) groups is 3. The van der Waals surface area contributed by atoms with Crippen LogP contribution >= 0.6 is 0 Å². The Kier molecular flexibility index (Phi) is 5.88. The molecule has 36 heavy (non-hydrogen) atoms. The molecule has 0 radical (unpaired) electrons. The SMILES string of the molecule is Cn1c(=O)n(C2CCC(=O)NC2=O)c2cccc(OC3CC4(CCN(C(=O)OC(C)(C)C)CC4)C3)c21. The normalized spacial score (nSPS) is 22.4. The monoisotopic (exact) mass is 498 g/mol. The summed E-state index contributed by atoms with van der Waals surface area (Å²) in [6.07, 6.45) is 3.89. The molecule has 1 spiro atoms. The number of aryl methyl sites for hydroxylation is 1. The van der Waals surface area contributed by atoms with Gasteiger partial charge in [-0.15, -0.1) is 0 Å². The van der Waals surface area contributed by atoms with E-state index >= 15 is 0 Å². The molecule has 5 rings (SSSR count). The van der Waals surface area contributed by atoms with E-state index in [0.29, 0.717) is 36.3 Å². The van der Waals surface area contributed by atoms with E-state index in [1.54, 1.807) is 11.9 Å². The summed E-state index contributed by atoms with van der Waals surface area (Å²) in [6.45, 7) is 6.99. The molecule has 1 aliphatic carbocycles. The van der Waals surface area contributed by atoms with Gasteiger partial charge in [0.15, 0.2) is 0 Å². The maximum atomic E-state index is 13.1. The van der Waals surface area contributed by atoms with Crippen molar-refractivity contribution in [2.75, 3.05) is 13.1 Å². The Hall–Kier alpha value is -3.30. The zero-order chi connectivity index (χ0) is 25.8. The summed E-state index contributed by atoms with van der Waals surface area (Å²) in [7, 11) is 1.68. The Morgan fingerprint density at radius 1 is 1.11 bits per heavy atom. The van der Waals surface area contributed by atoms with Crippen LogP contribution in [0.1, 0.15) is 65.3 Å². The largest absolute Gasteiger partial charge is 0.488 e. The number of benzene rings is 1. The van der Waals surface area contributed by atoms with Crippen LogP contribution in [0, 0.1) is 5.41 Å². The standard InChI is InChI=1S/C26H34N4O6/c1-25(2,3)36-24(34)29-12-10-26(11-13-29)14-16(15-26)35-19-7-5-6-17-21(19)28(4)23(33)30(17)18-8-9-20(31)27-22(18)32/h5-7,16,18H,8-15H2,1-4H3,(H,27,31,32). The van der Waals surface area contributed by atoms with E-state index in [0.717, 1.165) is 25.7 Å². The first kappa shape index (κ1) is 24.4. The summed E-state index contributed by atoms with van der Waals surface area (Å²) in [6, 6.07) is 4.76. The highest BCUT2D eigenvalue weighted by molar-refractivity contribution is 6.00. The van der Waals surface area contributed by atoms with Crippen LogP contribution in [-0.2, 0) is 21.4 Å². The van der Waals surface area contributed by atoms with E-state index in [-0.39, 0.29) is 35.6 Å². The second kappa shape index (κ2) is 8.67. The molecule has 1 N–H and O–H groups in total. The third-order valence-electron chi connectivity index (χ3n) is 7.68. The highest BCUT2D eigenvalue weighted by Crippen LogP contribution is 2.50. The zero-order valence-corrected chi connectivity index (χ0v) is 21.3. The molecule has 1 aromatic carbocycles. The van der Waals surface area contributed by atoms with Gasteiger partial charge in [-0.25, -0.2) is 9.59 Å². The highest BCUT2D eigenvalue weighted by Gasteiger charge is 2.48. The molecular weight excluding hydrogens is 464 g/mol. The maximum absolute atomic E-state index is 13.1. The van der Waals surface area contributed by atoms with Gasteiger partial charge >= 0.3 is 11.8 Å². The van der Waals surface area contributed by atoms with Gasteiger partial charge in [0.25, 0.3) is 0 Å². The van der Waals surface area contributed by atoms with Crippen LogP contribution < -0.4 is 15.7 Å². The fourth-order valence-electron chi connectivity index (χ4n) is 5.79. The molecule has 3 amide bonds. The van der Waals surface area contributed by atoms with Crippen molar-refractivity contribution in [2.45, 2.75) is 77.0 Å². The minimum Gasteiger partial charge on any atom is -0.488 e. The number of rotatable bonds is 3. The van der Waals surface area contributed by atoms with E-state index in [1.165, 1.54) is 9.13 Å². The van der Waals surface area contributed by atoms with Gasteiger partial charge < -0.3 is 14.4 Å². The number of para-hydroxylation sites is 1. The molecule has 1 saturated carbocycles. The number of nitrogens with zero attached hydrogens (tertiary/aromatic N) is 3. The first-order valence-electron chi connectivity index (χ1n) is 12.6. The second-order valence-corrected chi connectivity index (χ2v) is 11.4. The molecule has 3 aliphatic rings. The van der Waals surface area contributed by atoms with Crippen LogP contribution in [-0.4, -0.2) is 56.7 Å². The molecule has 2 saturated heterocycles. The Morgan fingerprint density at radius 3 is 2.44 bits per heavy atom. The van der Waals surface area contributed by atoms with E-state index in [2.05, 4.69) is 5.32 Å². The summed E-state index contributed by atoms with van der Waals surface area (Å²) in [5.41, 5.74) is 0.624. The van der Waals surface area contributed by atoms with Gasteiger partial charge in [0.05, 0.1) is 11.6 Å². The molecule has 1 atom stereocenters. The second-order valence-electron chi connectivity index (χ2n) is 11.4. The van der Waals surface area contributed by atoms with Crippen LogP contribution in [0.2, 0.25) is 0 Å². The van der Waals surface area contributed by atoms with Crippen molar-refractivity contribution in [1.82, 2.24) is 19.4 Å². The minimum atomic E-state index is -0.726. The number of nitrogens with one attached hydrogen (secondary N) is 1. The molecule has 0 bridgehead atoms. The molecule has 1 aromatic heterocycles. The van der Waals surface area contributed by atoms with Crippen LogP contribution in [0.25, 0.3) is 11.0 Å². The van der Waals surface area contributed by atoms with Crippen LogP contribution in [0.3, 0.4) is 0 Å². The van der Waals surface area contributed by atoms with Gasteiger partial charge in [-0.2, -0.15) is 0 Å². The molecule has 194 valence electrons. The number of ether oxygens (including phenoxy) is 2. The minimum absolute atomic E-state index is 0.0257. The van der Waals surface area contributed by atoms with Crippen molar-refractivity contribution < 1.29 is 23.9 Å². The highest BCUT2D eigenvalue weighted by atomic mass is 16.6. The fraction of sp³-hybridized carbons (Fsp3) is 0.615. The van der Waals surface area contributed by atoms with Crippen LogP contribution in [0.15, 0.2) is 23.0 Å². The number of amides is 3. The molecule has 1 unspecified atom stereocenters. The molecule has 2 aliphatic heterocycles. The summed E-state index contributed by atoms with van der Waals surface area (Å²) >= 11 is 0. The lowest BCUT2D eigenvalue weighted by Gasteiger charge is -2.51. The molecule has 3 fully saturated rings. The Morgan fingerprint density at radius 2 is 1.81 bits per heavy atom. The summed E-state index contributed by atoms with van der Waals surface area (Å²) < 4.78 is 14.9. The number of imidazole rings is 1. The number of likely N-dealkylation sites (tertiary alicyclic amines) is 1. The number of imide groups is 1. The van der Waals surface area contributed by atoms with Gasteiger partial charge in [0.1, 0.15) is 22.9 Å². The summed E-state index contributed by atoms with van der Waals surface area (Å²) in [4.78, 5) is 51.3. The van der Waals surface area contributed by atoms with E-state index in [1.807, 2.05) is 39.0 Å². The Labute approximate surface area is 209 Å². The van der Waals surface area contributed by atoms with Crippen molar-refractivity contribution in [3.05, 3.63) is 28.7 Å². The van der Waals surface area contributed by atoms with Gasteiger partial charge in [-0.1, -0.05) is 6.07 Å². The number of carbonyl (C=O) groups excluding carboxylic acids is 3. The van der Waals surface area contributed by atoms with Crippen LogP contribution in [0.5, 0.6) is 5.75 Å². The lowest BCUT2D eigenvalue weighted by atomic mass is 9.61. The zero-order valence-electron chi connectivity index (χ0n) is 21.3. The quantitative estimate of drug-likeness (QED) is 0.652. The first-order chi connectivity index (χ1) is 17.0. The maximum Gasteiger partial charge on any atom is 0.410 e. The molecular formula is C26H34N4O6. The molecule has 3 heterocycles. The van der Waals surface area contributed by atoms with E-state index in [9.17, 15) is 19.2 Å². The van der Waals surface area contributed by atoms with Crippen molar-refractivity contribution in [3.8, 4) is 5.75 Å². The number of hydrogen-bond donors (Lipinski definition) is 1. The van der Waals surface area contributed by atoms with Gasteiger partial charge in [-0.3, -0.25) is 24.0 Å². The first-order valence-corrected chi connectivity index (χ1v) is 12.6. The van der Waals surface area contributed by atoms with E-state index in [4.69, 9.17) is 9.47 Å². The van der Waals surface area contributed by atoms with Gasteiger partial charge in [0, 0.05) is 26.6 Å². The number of aromatic nitrogens is 2. The molecule has 10 nitrogen and oxygen atoms in total. The summed E-state index contributed by atoms with van der Waals surface area (Å²) in [5, 5.41) is 2.34. The Balaban J connectivity index is 1.27. The predicted molar refractivity (Wildman–Crippen MR) is 132 cm³/mol. The van der Waals surface area contributed by atoms with Crippen molar-refractivity contribution in [1.29, 1.82) is 0 Å². The predicted octanol–water partition coefficient (Wildman–Crippen LogP) is 2.88. The molecule has 10 heteroatoms.